The molecule has 0 fully saturated rings. The molecule has 0 spiro atoms. The second-order valence-corrected chi connectivity index (χ2v) is 7.63. The van der Waals surface area contributed by atoms with Gasteiger partial charge in [0, 0.05) is 0 Å². The first-order chi connectivity index (χ1) is 12.8. The highest BCUT2D eigenvalue weighted by atomic mass is 32.2. The van der Waals surface area contributed by atoms with Crippen molar-refractivity contribution in [2.45, 2.75) is 12.8 Å². The van der Waals surface area contributed by atoms with Gasteiger partial charge in [0.05, 0.1) is 10.5 Å². The smallest absolute Gasteiger partial charge is 0.416 e. The van der Waals surface area contributed by atoms with E-state index in [4.69, 9.17) is 4.74 Å². The summed E-state index contributed by atoms with van der Waals surface area (Å²) in [5.74, 6) is 0.343. The van der Waals surface area contributed by atoms with E-state index in [0.717, 1.165) is 22.1 Å². The zero-order valence-electron chi connectivity index (χ0n) is 14.1. The first-order valence-corrected chi connectivity index (χ1v) is 9.85. The molecule has 0 atom stereocenters. The Morgan fingerprint density at radius 3 is 2.33 bits per heavy atom. The van der Waals surface area contributed by atoms with Crippen LogP contribution >= 0.6 is 23.5 Å². The number of nitrogens with zero attached hydrogens (tertiary/aromatic N) is 1. The molecule has 0 bridgehead atoms. The molecule has 1 amide bonds. The third-order valence-electron chi connectivity index (χ3n) is 3.64. The number of thioether (sulfide) groups is 2. The van der Waals surface area contributed by atoms with Crippen LogP contribution in [-0.4, -0.2) is 16.5 Å². The average Bonchev–Trinajstić information content (AvgIpc) is 3.00. The Balaban J connectivity index is 1.59. The van der Waals surface area contributed by atoms with Crippen molar-refractivity contribution in [3.05, 3.63) is 70.1 Å². The van der Waals surface area contributed by atoms with E-state index < -0.39 is 11.7 Å². The van der Waals surface area contributed by atoms with Crippen molar-refractivity contribution in [2.75, 3.05) is 6.26 Å². The molecule has 2 aromatic rings. The molecule has 0 N–H and O–H groups in total. The SMILES string of the molecule is CSC1=NC(=O)C(=Cc2ccc(OCc3ccc(C(F)(F)F)cc3)cc2)S1. The summed E-state index contributed by atoms with van der Waals surface area (Å²) in [6, 6.07) is 12.0. The number of carbonyl (C=O) groups excluding carboxylic acids is 1. The minimum absolute atomic E-state index is 0.165. The standard InChI is InChI=1S/C19H14F3NO2S2/c1-26-18-23-17(24)16(27-18)10-12-4-8-15(9-5-12)25-11-13-2-6-14(7-3-13)19(20,21)22/h2-10H,11H2,1H3. The number of halogens is 3. The van der Waals surface area contributed by atoms with Gasteiger partial charge in [0.2, 0.25) is 0 Å². The number of hydrogen-bond acceptors (Lipinski definition) is 4. The normalized spacial score (nSPS) is 15.9. The Labute approximate surface area is 162 Å². The maximum Gasteiger partial charge on any atom is 0.416 e. The number of hydrogen-bond donors (Lipinski definition) is 0. The maximum atomic E-state index is 12.6. The molecule has 1 aliphatic rings. The van der Waals surface area contributed by atoms with Crippen LogP contribution in [0.15, 0.2) is 58.4 Å². The Hall–Kier alpha value is -2.19. The molecule has 2 aromatic carbocycles. The fourth-order valence-electron chi connectivity index (χ4n) is 2.25. The molecule has 1 aliphatic heterocycles. The van der Waals surface area contributed by atoms with Crippen LogP contribution < -0.4 is 4.74 Å². The molecule has 0 radical (unpaired) electrons. The number of rotatable bonds is 4. The van der Waals surface area contributed by atoms with Crippen LogP contribution in [0.2, 0.25) is 0 Å². The number of amides is 1. The van der Waals surface area contributed by atoms with Gasteiger partial charge in [-0.25, -0.2) is 0 Å². The van der Waals surface area contributed by atoms with Gasteiger partial charge in [-0.1, -0.05) is 36.0 Å². The average molecular weight is 409 g/mol. The number of benzene rings is 2. The molecule has 1 heterocycles. The van der Waals surface area contributed by atoms with Gasteiger partial charge in [-0.3, -0.25) is 4.79 Å². The maximum absolute atomic E-state index is 12.6. The van der Waals surface area contributed by atoms with Crippen LogP contribution in [0.3, 0.4) is 0 Å². The highest BCUT2D eigenvalue weighted by Gasteiger charge is 2.29. The summed E-state index contributed by atoms with van der Waals surface area (Å²) in [5, 5.41) is 0. The largest absolute Gasteiger partial charge is 0.489 e. The number of ether oxygens (including phenoxy) is 1. The summed E-state index contributed by atoms with van der Waals surface area (Å²) in [6.45, 7) is 0.165. The van der Waals surface area contributed by atoms with Crippen molar-refractivity contribution in [1.82, 2.24) is 0 Å². The van der Waals surface area contributed by atoms with Crippen molar-refractivity contribution in [1.29, 1.82) is 0 Å². The molecule has 8 heteroatoms. The zero-order valence-corrected chi connectivity index (χ0v) is 15.8. The monoisotopic (exact) mass is 409 g/mol. The van der Waals surface area contributed by atoms with Crippen LogP contribution in [0.4, 0.5) is 13.2 Å². The number of alkyl halides is 3. The van der Waals surface area contributed by atoms with Gasteiger partial charge in [-0.05, 0) is 47.7 Å². The first-order valence-electron chi connectivity index (χ1n) is 7.81. The third-order valence-corrected chi connectivity index (χ3v) is 5.61. The Kier molecular flexibility index (Phi) is 5.96. The highest BCUT2D eigenvalue weighted by Crippen LogP contribution is 2.33. The molecule has 0 aromatic heterocycles. The fraction of sp³-hybridized carbons (Fsp3) is 0.158. The predicted octanol–water partition coefficient (Wildman–Crippen LogP) is 5.62. The highest BCUT2D eigenvalue weighted by molar-refractivity contribution is 8.40. The van der Waals surface area contributed by atoms with Gasteiger partial charge >= 0.3 is 6.18 Å². The molecule has 3 rings (SSSR count). The van der Waals surface area contributed by atoms with Gasteiger partial charge in [0.15, 0.2) is 0 Å². The third kappa shape index (κ3) is 5.17. The topological polar surface area (TPSA) is 38.7 Å². The van der Waals surface area contributed by atoms with Gasteiger partial charge < -0.3 is 4.74 Å². The quantitative estimate of drug-likeness (QED) is 0.615. The lowest BCUT2D eigenvalue weighted by atomic mass is 10.1. The van der Waals surface area contributed by atoms with E-state index in [1.165, 1.54) is 35.7 Å². The molecule has 0 saturated carbocycles. The summed E-state index contributed by atoms with van der Waals surface area (Å²) in [5.41, 5.74) is 0.797. The van der Waals surface area contributed by atoms with Crippen LogP contribution in [0.1, 0.15) is 16.7 Å². The zero-order chi connectivity index (χ0) is 19.4. The lowest BCUT2D eigenvalue weighted by Gasteiger charge is -2.09. The summed E-state index contributed by atoms with van der Waals surface area (Å²) in [4.78, 5) is 16.3. The summed E-state index contributed by atoms with van der Waals surface area (Å²) in [6.07, 6.45) is -0.714. The number of aliphatic imine (C=N–C) groups is 1. The van der Waals surface area contributed by atoms with E-state index in [1.807, 2.05) is 6.26 Å². The van der Waals surface area contributed by atoms with Gasteiger partial charge in [-0.15, -0.1) is 11.8 Å². The second kappa shape index (κ2) is 8.22. The van der Waals surface area contributed by atoms with Gasteiger partial charge in [0.1, 0.15) is 16.7 Å². The lowest BCUT2D eigenvalue weighted by Crippen LogP contribution is -2.05. The molecule has 0 unspecified atom stereocenters. The second-order valence-electron chi connectivity index (χ2n) is 5.55. The molecule has 0 saturated heterocycles. The van der Waals surface area contributed by atoms with Crippen molar-refractivity contribution < 1.29 is 22.7 Å². The Bertz CT molecular complexity index is 889. The molecule has 0 aliphatic carbocycles. The summed E-state index contributed by atoms with van der Waals surface area (Å²) < 4.78 is 44.0. The minimum atomic E-state index is -4.34. The van der Waals surface area contributed by atoms with E-state index in [1.54, 1.807) is 30.3 Å². The van der Waals surface area contributed by atoms with E-state index in [-0.39, 0.29) is 12.5 Å². The summed E-state index contributed by atoms with van der Waals surface area (Å²) >= 11 is 2.77. The Morgan fingerprint density at radius 1 is 1.11 bits per heavy atom. The van der Waals surface area contributed by atoms with Crippen LogP contribution in [0.5, 0.6) is 5.75 Å². The van der Waals surface area contributed by atoms with Crippen LogP contribution in [0.25, 0.3) is 6.08 Å². The van der Waals surface area contributed by atoms with E-state index in [9.17, 15) is 18.0 Å². The van der Waals surface area contributed by atoms with Crippen LogP contribution in [0, 0.1) is 0 Å². The molecule has 140 valence electrons. The van der Waals surface area contributed by atoms with Crippen LogP contribution in [-0.2, 0) is 17.6 Å². The van der Waals surface area contributed by atoms with Crippen molar-refractivity contribution in [3.63, 3.8) is 0 Å². The van der Waals surface area contributed by atoms with E-state index >= 15 is 0 Å². The van der Waals surface area contributed by atoms with Crippen molar-refractivity contribution in [3.8, 4) is 5.75 Å². The lowest BCUT2D eigenvalue weighted by molar-refractivity contribution is -0.137. The van der Waals surface area contributed by atoms with Crippen molar-refractivity contribution >= 4 is 39.9 Å². The Morgan fingerprint density at radius 2 is 1.78 bits per heavy atom. The summed E-state index contributed by atoms with van der Waals surface area (Å²) in [7, 11) is 0. The molecule has 27 heavy (non-hydrogen) atoms. The predicted molar refractivity (Wildman–Crippen MR) is 104 cm³/mol. The van der Waals surface area contributed by atoms with Gasteiger partial charge in [-0.2, -0.15) is 18.2 Å². The minimum Gasteiger partial charge on any atom is -0.489 e. The number of carbonyl (C=O) groups is 1. The molecule has 3 nitrogen and oxygen atoms in total. The van der Waals surface area contributed by atoms with Crippen molar-refractivity contribution in [2.24, 2.45) is 4.99 Å². The first kappa shape index (κ1) is 19.6. The molecular weight excluding hydrogens is 395 g/mol. The van der Waals surface area contributed by atoms with E-state index in [0.29, 0.717) is 16.2 Å². The van der Waals surface area contributed by atoms with Gasteiger partial charge in [0.25, 0.3) is 5.91 Å². The van der Waals surface area contributed by atoms with E-state index in [2.05, 4.69) is 4.99 Å². The fourth-order valence-corrected chi connectivity index (χ4v) is 3.67. The molecular formula is C19H14F3NO2S2.